The lowest BCUT2D eigenvalue weighted by Gasteiger charge is -1.98. The standard InChI is InChI=1S/C16H15N3/c1-12-6-5-9-15(18-12)16-17-11-14(19-16)10-13-7-3-2-4-8-13/h2-9,11H,10H2,1H3,(H,17,19). The van der Waals surface area contributed by atoms with E-state index in [1.807, 2.05) is 49.5 Å². The van der Waals surface area contributed by atoms with Crippen LogP contribution in [0.4, 0.5) is 0 Å². The molecule has 0 spiro atoms. The predicted octanol–water partition coefficient (Wildman–Crippen LogP) is 3.37. The number of benzene rings is 1. The molecule has 3 nitrogen and oxygen atoms in total. The van der Waals surface area contributed by atoms with Crippen LogP contribution >= 0.6 is 0 Å². The zero-order chi connectivity index (χ0) is 13.1. The van der Waals surface area contributed by atoms with Gasteiger partial charge in [0.05, 0.1) is 5.69 Å². The molecule has 19 heavy (non-hydrogen) atoms. The second-order valence-corrected chi connectivity index (χ2v) is 4.57. The topological polar surface area (TPSA) is 41.6 Å². The van der Waals surface area contributed by atoms with E-state index in [1.165, 1.54) is 5.56 Å². The van der Waals surface area contributed by atoms with Crippen molar-refractivity contribution in [2.75, 3.05) is 0 Å². The summed E-state index contributed by atoms with van der Waals surface area (Å²) in [5.41, 5.74) is 4.18. The van der Waals surface area contributed by atoms with Crippen molar-refractivity contribution in [2.45, 2.75) is 13.3 Å². The number of aryl methyl sites for hydroxylation is 1. The van der Waals surface area contributed by atoms with Crippen LogP contribution < -0.4 is 0 Å². The number of aromatic amines is 1. The number of H-pyrrole nitrogens is 1. The molecular weight excluding hydrogens is 234 g/mol. The summed E-state index contributed by atoms with van der Waals surface area (Å²) < 4.78 is 0. The molecule has 0 amide bonds. The molecule has 0 saturated carbocycles. The highest BCUT2D eigenvalue weighted by molar-refractivity contribution is 5.49. The van der Waals surface area contributed by atoms with E-state index >= 15 is 0 Å². The van der Waals surface area contributed by atoms with Crippen LogP contribution in [0.25, 0.3) is 11.5 Å². The number of aromatic nitrogens is 3. The van der Waals surface area contributed by atoms with Gasteiger partial charge in [-0.05, 0) is 24.6 Å². The normalized spacial score (nSPS) is 10.6. The number of hydrogen-bond acceptors (Lipinski definition) is 2. The molecule has 1 N–H and O–H groups in total. The Hall–Kier alpha value is -2.42. The van der Waals surface area contributed by atoms with Gasteiger partial charge in [0, 0.05) is 18.3 Å². The predicted molar refractivity (Wildman–Crippen MR) is 75.8 cm³/mol. The first-order valence-corrected chi connectivity index (χ1v) is 6.33. The summed E-state index contributed by atoms with van der Waals surface area (Å²) in [5.74, 6) is 0.828. The van der Waals surface area contributed by atoms with Crippen LogP contribution in [0.2, 0.25) is 0 Å². The molecule has 0 radical (unpaired) electrons. The van der Waals surface area contributed by atoms with Gasteiger partial charge in [-0.25, -0.2) is 9.97 Å². The Balaban J connectivity index is 1.84. The lowest BCUT2D eigenvalue weighted by atomic mass is 10.1. The molecule has 0 bridgehead atoms. The van der Waals surface area contributed by atoms with Crippen molar-refractivity contribution in [2.24, 2.45) is 0 Å². The van der Waals surface area contributed by atoms with Crippen LogP contribution in [-0.2, 0) is 6.42 Å². The zero-order valence-corrected chi connectivity index (χ0v) is 10.8. The molecule has 0 unspecified atom stereocenters. The Morgan fingerprint density at radius 3 is 2.58 bits per heavy atom. The molecule has 3 rings (SSSR count). The van der Waals surface area contributed by atoms with Crippen LogP contribution in [0, 0.1) is 6.92 Å². The van der Waals surface area contributed by atoms with Crippen LogP contribution in [0.15, 0.2) is 54.7 Å². The fourth-order valence-electron chi connectivity index (χ4n) is 2.06. The Labute approximate surface area is 112 Å². The smallest absolute Gasteiger partial charge is 0.156 e. The van der Waals surface area contributed by atoms with E-state index in [2.05, 4.69) is 27.1 Å². The van der Waals surface area contributed by atoms with Crippen LogP contribution in [0.3, 0.4) is 0 Å². The van der Waals surface area contributed by atoms with E-state index in [0.29, 0.717) is 0 Å². The van der Waals surface area contributed by atoms with Gasteiger partial charge in [0.15, 0.2) is 5.82 Å². The van der Waals surface area contributed by atoms with Gasteiger partial charge in [-0.1, -0.05) is 36.4 Å². The maximum atomic E-state index is 4.60. The minimum Gasteiger partial charge on any atom is -0.343 e. The van der Waals surface area contributed by atoms with Crippen molar-refractivity contribution >= 4 is 0 Å². The minimum absolute atomic E-state index is 0.828. The average molecular weight is 249 g/mol. The number of imidazole rings is 1. The molecule has 0 saturated heterocycles. The third kappa shape index (κ3) is 2.71. The zero-order valence-electron chi connectivity index (χ0n) is 10.8. The summed E-state index contributed by atoms with van der Waals surface area (Å²) in [5, 5.41) is 0. The van der Waals surface area contributed by atoms with E-state index < -0.39 is 0 Å². The van der Waals surface area contributed by atoms with E-state index in [-0.39, 0.29) is 0 Å². The molecule has 0 aliphatic rings. The molecule has 3 aromatic rings. The van der Waals surface area contributed by atoms with Crippen molar-refractivity contribution in [1.29, 1.82) is 0 Å². The summed E-state index contributed by atoms with van der Waals surface area (Å²) in [6.45, 7) is 1.98. The van der Waals surface area contributed by atoms with Gasteiger partial charge in [-0.2, -0.15) is 0 Å². The van der Waals surface area contributed by atoms with Gasteiger partial charge in [0.1, 0.15) is 5.69 Å². The summed E-state index contributed by atoms with van der Waals surface area (Å²) >= 11 is 0. The lowest BCUT2D eigenvalue weighted by molar-refractivity contribution is 1.10. The molecular formula is C16H15N3. The molecule has 0 atom stereocenters. The van der Waals surface area contributed by atoms with Gasteiger partial charge < -0.3 is 4.98 Å². The van der Waals surface area contributed by atoms with Crippen molar-refractivity contribution in [3.63, 3.8) is 0 Å². The molecule has 0 fully saturated rings. The van der Waals surface area contributed by atoms with Crippen molar-refractivity contribution in [1.82, 2.24) is 15.0 Å². The Kier molecular flexibility index (Phi) is 3.11. The van der Waals surface area contributed by atoms with E-state index in [0.717, 1.165) is 29.3 Å². The Morgan fingerprint density at radius 2 is 1.79 bits per heavy atom. The van der Waals surface area contributed by atoms with Gasteiger partial charge in [0.2, 0.25) is 0 Å². The fourth-order valence-corrected chi connectivity index (χ4v) is 2.06. The largest absolute Gasteiger partial charge is 0.343 e. The van der Waals surface area contributed by atoms with Crippen LogP contribution in [0.5, 0.6) is 0 Å². The van der Waals surface area contributed by atoms with E-state index in [1.54, 1.807) is 0 Å². The highest BCUT2D eigenvalue weighted by atomic mass is 14.9. The molecule has 3 heteroatoms. The first-order valence-electron chi connectivity index (χ1n) is 6.33. The summed E-state index contributed by atoms with van der Waals surface area (Å²) in [4.78, 5) is 12.3. The van der Waals surface area contributed by atoms with E-state index in [9.17, 15) is 0 Å². The highest BCUT2D eigenvalue weighted by Crippen LogP contribution is 2.15. The summed E-state index contributed by atoms with van der Waals surface area (Å²) in [6, 6.07) is 16.3. The summed E-state index contributed by atoms with van der Waals surface area (Å²) in [7, 11) is 0. The van der Waals surface area contributed by atoms with Crippen LogP contribution in [-0.4, -0.2) is 15.0 Å². The van der Waals surface area contributed by atoms with E-state index in [4.69, 9.17) is 0 Å². The lowest BCUT2D eigenvalue weighted by Crippen LogP contribution is -1.90. The van der Waals surface area contributed by atoms with Gasteiger partial charge in [0.25, 0.3) is 0 Å². The number of rotatable bonds is 3. The quantitative estimate of drug-likeness (QED) is 0.773. The second-order valence-electron chi connectivity index (χ2n) is 4.57. The average Bonchev–Trinajstić information content (AvgIpc) is 2.88. The second kappa shape index (κ2) is 5.06. The molecule has 0 aliphatic heterocycles. The third-order valence-corrected chi connectivity index (χ3v) is 2.99. The molecule has 94 valence electrons. The maximum absolute atomic E-state index is 4.60. The Bertz CT molecular complexity index is 671. The minimum atomic E-state index is 0.828. The SMILES string of the molecule is Cc1cccc(-c2nc(Cc3ccccc3)c[nH]2)n1. The third-order valence-electron chi connectivity index (χ3n) is 2.99. The van der Waals surface area contributed by atoms with Gasteiger partial charge in [-0.3, -0.25) is 0 Å². The first kappa shape index (κ1) is 11.7. The molecule has 2 aromatic heterocycles. The first-order chi connectivity index (χ1) is 9.31. The van der Waals surface area contributed by atoms with Gasteiger partial charge >= 0.3 is 0 Å². The summed E-state index contributed by atoms with van der Waals surface area (Å²) in [6.07, 6.45) is 2.79. The molecule has 0 aliphatic carbocycles. The van der Waals surface area contributed by atoms with Crippen LogP contribution in [0.1, 0.15) is 17.0 Å². The number of hydrogen-bond donors (Lipinski definition) is 1. The fraction of sp³-hybridized carbons (Fsp3) is 0.125. The van der Waals surface area contributed by atoms with Crippen molar-refractivity contribution < 1.29 is 0 Å². The monoisotopic (exact) mass is 249 g/mol. The number of pyridine rings is 1. The number of nitrogens with zero attached hydrogens (tertiary/aromatic N) is 2. The van der Waals surface area contributed by atoms with Crippen molar-refractivity contribution in [3.8, 4) is 11.5 Å². The van der Waals surface area contributed by atoms with Crippen molar-refractivity contribution in [3.05, 3.63) is 71.7 Å². The Morgan fingerprint density at radius 1 is 0.947 bits per heavy atom. The van der Waals surface area contributed by atoms with Gasteiger partial charge in [-0.15, -0.1) is 0 Å². The molecule has 1 aromatic carbocycles. The number of nitrogens with one attached hydrogen (secondary N) is 1. The maximum Gasteiger partial charge on any atom is 0.156 e. The molecule has 2 heterocycles. The highest BCUT2D eigenvalue weighted by Gasteiger charge is 2.05.